The number of aromatic nitrogens is 2. The molecule has 0 aliphatic heterocycles. The second kappa shape index (κ2) is 5.93. The van der Waals surface area contributed by atoms with Crippen LogP contribution in [0, 0.1) is 0 Å². The van der Waals surface area contributed by atoms with Gasteiger partial charge in [-0.3, -0.25) is 0 Å². The fraction of sp³-hybridized carbons (Fsp3) is 0.571. The molecule has 2 atom stereocenters. The molecule has 0 bridgehead atoms. The maximum atomic E-state index is 5.70. The minimum absolute atomic E-state index is 0.0890. The van der Waals surface area contributed by atoms with E-state index < -0.39 is 0 Å². The minimum atomic E-state index is 0.0890. The van der Waals surface area contributed by atoms with Crippen LogP contribution in [0.15, 0.2) is 15.9 Å². The van der Waals surface area contributed by atoms with Gasteiger partial charge in [-0.2, -0.15) is 0 Å². The van der Waals surface area contributed by atoms with E-state index >= 15 is 0 Å². The molecule has 0 radical (unpaired) electrons. The van der Waals surface area contributed by atoms with Gasteiger partial charge < -0.3 is 15.1 Å². The third-order valence-electron chi connectivity index (χ3n) is 3.67. The van der Waals surface area contributed by atoms with Crippen molar-refractivity contribution in [3.05, 3.63) is 27.8 Å². The molecule has 1 aliphatic rings. The van der Waals surface area contributed by atoms with Gasteiger partial charge in [0.1, 0.15) is 0 Å². The number of anilines is 1. The Kier molecular flexibility index (Phi) is 4.03. The van der Waals surface area contributed by atoms with Crippen LogP contribution in [0.4, 0.5) is 6.01 Å². The highest BCUT2D eigenvalue weighted by Crippen LogP contribution is 2.35. The Morgan fingerprint density at radius 1 is 1.50 bits per heavy atom. The van der Waals surface area contributed by atoms with Crippen molar-refractivity contribution in [2.24, 2.45) is 0 Å². The summed E-state index contributed by atoms with van der Waals surface area (Å²) < 4.78 is 5.70. The molecule has 108 valence electrons. The summed E-state index contributed by atoms with van der Waals surface area (Å²) >= 11 is 1.84. The summed E-state index contributed by atoms with van der Waals surface area (Å²) in [6.45, 7) is 4.97. The largest absolute Gasteiger partial charge is 0.406 e. The molecule has 5 nitrogen and oxygen atoms in total. The van der Waals surface area contributed by atoms with Crippen molar-refractivity contribution in [1.29, 1.82) is 0 Å². The van der Waals surface area contributed by atoms with E-state index in [-0.39, 0.29) is 6.04 Å². The van der Waals surface area contributed by atoms with E-state index in [1.165, 1.54) is 23.3 Å². The van der Waals surface area contributed by atoms with Crippen LogP contribution in [0.25, 0.3) is 0 Å². The SMILES string of the molecule is CCNC(C)c1nnc(NC2CCCc3sccc32)o1. The predicted molar refractivity (Wildman–Crippen MR) is 80.0 cm³/mol. The molecule has 2 N–H and O–H groups in total. The molecule has 0 aromatic carbocycles. The number of nitrogens with one attached hydrogen (secondary N) is 2. The molecule has 0 amide bonds. The predicted octanol–water partition coefficient (Wildman–Crippen LogP) is 3.29. The molecule has 2 aromatic rings. The van der Waals surface area contributed by atoms with Crippen molar-refractivity contribution < 1.29 is 4.42 Å². The lowest BCUT2D eigenvalue weighted by molar-refractivity contribution is 0.424. The van der Waals surface area contributed by atoms with Crippen LogP contribution < -0.4 is 10.6 Å². The molecule has 0 saturated heterocycles. The highest BCUT2D eigenvalue weighted by molar-refractivity contribution is 7.10. The summed E-state index contributed by atoms with van der Waals surface area (Å²) in [5.74, 6) is 0.635. The molecular weight excluding hydrogens is 272 g/mol. The van der Waals surface area contributed by atoms with Crippen LogP contribution >= 0.6 is 11.3 Å². The summed E-state index contributed by atoms with van der Waals surface area (Å²) in [6, 6.07) is 3.11. The average molecular weight is 292 g/mol. The maximum Gasteiger partial charge on any atom is 0.316 e. The summed E-state index contributed by atoms with van der Waals surface area (Å²) in [7, 11) is 0. The lowest BCUT2D eigenvalue weighted by atomic mass is 9.94. The highest BCUT2D eigenvalue weighted by Gasteiger charge is 2.23. The number of rotatable bonds is 5. The van der Waals surface area contributed by atoms with E-state index in [0.717, 1.165) is 13.0 Å². The van der Waals surface area contributed by atoms with Crippen molar-refractivity contribution >= 4 is 17.4 Å². The standard InChI is InChI=1S/C14H20N4OS/c1-3-15-9(2)13-17-18-14(19-13)16-11-5-4-6-12-10(11)7-8-20-12/h7-9,11,15H,3-6H2,1-2H3,(H,16,18). The number of thiophene rings is 1. The fourth-order valence-electron chi connectivity index (χ4n) is 2.65. The first-order chi connectivity index (χ1) is 9.78. The number of hydrogen-bond donors (Lipinski definition) is 2. The Balaban J connectivity index is 1.70. The lowest BCUT2D eigenvalue weighted by Crippen LogP contribution is -2.18. The molecule has 1 aliphatic carbocycles. The van der Waals surface area contributed by atoms with Gasteiger partial charge >= 0.3 is 6.01 Å². The van der Waals surface area contributed by atoms with E-state index in [9.17, 15) is 0 Å². The van der Waals surface area contributed by atoms with Crippen LogP contribution in [0.1, 0.15) is 55.1 Å². The number of fused-ring (bicyclic) bond motifs is 1. The van der Waals surface area contributed by atoms with Gasteiger partial charge in [-0.1, -0.05) is 12.0 Å². The van der Waals surface area contributed by atoms with Crippen LogP contribution in [-0.2, 0) is 6.42 Å². The van der Waals surface area contributed by atoms with Crippen molar-refractivity contribution in [2.75, 3.05) is 11.9 Å². The minimum Gasteiger partial charge on any atom is -0.406 e. The molecule has 3 rings (SSSR count). The van der Waals surface area contributed by atoms with Crippen LogP contribution in [0.5, 0.6) is 0 Å². The van der Waals surface area contributed by atoms with Crippen molar-refractivity contribution in [2.45, 2.75) is 45.2 Å². The van der Waals surface area contributed by atoms with Gasteiger partial charge in [0, 0.05) is 4.88 Å². The third kappa shape index (κ3) is 2.71. The highest BCUT2D eigenvalue weighted by atomic mass is 32.1. The zero-order valence-electron chi connectivity index (χ0n) is 11.8. The Morgan fingerprint density at radius 3 is 3.25 bits per heavy atom. The van der Waals surface area contributed by atoms with Gasteiger partial charge in [-0.05, 0) is 49.7 Å². The Morgan fingerprint density at radius 2 is 2.40 bits per heavy atom. The molecule has 0 saturated carbocycles. The number of nitrogens with zero attached hydrogens (tertiary/aromatic N) is 2. The van der Waals surface area contributed by atoms with Crippen LogP contribution in [-0.4, -0.2) is 16.7 Å². The quantitative estimate of drug-likeness (QED) is 0.885. The summed E-state index contributed by atoms with van der Waals surface area (Å²) in [5, 5.41) is 17.0. The van der Waals surface area contributed by atoms with Gasteiger partial charge in [-0.15, -0.1) is 16.4 Å². The summed E-state index contributed by atoms with van der Waals surface area (Å²) in [4.78, 5) is 1.48. The normalized spacial score (nSPS) is 19.6. The van der Waals surface area contributed by atoms with Crippen molar-refractivity contribution in [3.8, 4) is 0 Å². The third-order valence-corrected chi connectivity index (χ3v) is 4.67. The van der Waals surface area contributed by atoms with Crippen LogP contribution in [0.2, 0.25) is 0 Å². The fourth-order valence-corrected chi connectivity index (χ4v) is 3.63. The molecule has 2 heterocycles. The second-order valence-electron chi connectivity index (χ2n) is 5.11. The first-order valence-electron chi connectivity index (χ1n) is 7.17. The van der Waals surface area contributed by atoms with Gasteiger partial charge in [0.25, 0.3) is 0 Å². The van der Waals surface area contributed by atoms with Gasteiger partial charge in [-0.25, -0.2) is 0 Å². The number of hydrogen-bond acceptors (Lipinski definition) is 6. The summed E-state index contributed by atoms with van der Waals surface area (Å²) in [6.07, 6.45) is 3.52. The zero-order valence-corrected chi connectivity index (χ0v) is 12.7. The molecule has 2 unspecified atom stereocenters. The molecule has 20 heavy (non-hydrogen) atoms. The Labute approximate surface area is 122 Å². The number of aryl methyl sites for hydroxylation is 1. The first kappa shape index (κ1) is 13.6. The smallest absolute Gasteiger partial charge is 0.316 e. The Bertz CT molecular complexity index is 565. The van der Waals surface area contributed by atoms with E-state index in [4.69, 9.17) is 4.42 Å². The molecule has 0 fully saturated rings. The monoisotopic (exact) mass is 292 g/mol. The van der Waals surface area contributed by atoms with E-state index in [1.807, 2.05) is 18.3 Å². The molecular formula is C14H20N4OS. The Hall–Kier alpha value is -1.40. The molecule has 2 aromatic heterocycles. The van der Waals surface area contributed by atoms with E-state index in [2.05, 4.69) is 39.2 Å². The van der Waals surface area contributed by atoms with Gasteiger partial charge in [0.05, 0.1) is 12.1 Å². The first-order valence-corrected chi connectivity index (χ1v) is 8.05. The van der Waals surface area contributed by atoms with Crippen molar-refractivity contribution in [1.82, 2.24) is 15.5 Å². The summed E-state index contributed by atoms with van der Waals surface area (Å²) in [5.41, 5.74) is 1.39. The topological polar surface area (TPSA) is 63.0 Å². The van der Waals surface area contributed by atoms with E-state index in [1.54, 1.807) is 0 Å². The second-order valence-corrected chi connectivity index (χ2v) is 6.11. The van der Waals surface area contributed by atoms with E-state index in [0.29, 0.717) is 17.9 Å². The van der Waals surface area contributed by atoms with Gasteiger partial charge in [0.2, 0.25) is 5.89 Å². The zero-order chi connectivity index (χ0) is 13.9. The maximum absolute atomic E-state index is 5.70. The van der Waals surface area contributed by atoms with Crippen molar-refractivity contribution in [3.63, 3.8) is 0 Å². The molecule has 0 spiro atoms. The molecule has 6 heteroatoms. The average Bonchev–Trinajstić information content (AvgIpc) is 3.08. The lowest BCUT2D eigenvalue weighted by Gasteiger charge is -2.22. The van der Waals surface area contributed by atoms with Gasteiger partial charge in [0.15, 0.2) is 0 Å². The van der Waals surface area contributed by atoms with Crippen LogP contribution in [0.3, 0.4) is 0 Å².